The van der Waals surface area contributed by atoms with E-state index in [2.05, 4.69) is 17.6 Å². The second kappa shape index (κ2) is 10.2. The Kier molecular flexibility index (Phi) is 8.51. The van der Waals surface area contributed by atoms with Crippen molar-refractivity contribution in [1.29, 1.82) is 0 Å². The van der Waals surface area contributed by atoms with Gasteiger partial charge >= 0.3 is 0 Å². The molecule has 0 saturated carbocycles. The minimum Gasteiger partial charge on any atom is -0.385 e. The number of amides is 1. The monoisotopic (exact) mass is 292 g/mol. The molecule has 0 aliphatic rings. The van der Waals surface area contributed by atoms with Gasteiger partial charge in [0.15, 0.2) is 0 Å². The number of unbranched alkanes of at least 4 members (excludes halogenated alkanes) is 2. The molecular formula is C17H28N2O2. The summed E-state index contributed by atoms with van der Waals surface area (Å²) in [7, 11) is 1.71. The molecule has 21 heavy (non-hydrogen) atoms. The number of carbonyl (C=O) groups is 1. The molecule has 1 rings (SSSR count). The molecule has 0 radical (unpaired) electrons. The predicted octanol–water partition coefficient (Wildman–Crippen LogP) is 3.36. The lowest BCUT2D eigenvalue weighted by atomic mass is 10.1. The highest BCUT2D eigenvalue weighted by molar-refractivity contribution is 5.94. The fraction of sp³-hybridized carbons (Fsp3) is 0.588. The number of carbonyl (C=O) groups excluding carboxylic acids is 1. The standard InChI is InChI=1S/C17H28N2O2/c1-4-10-18-16-9-8-15(13-14(16)2)17(20)19-11-6-5-7-12-21-3/h8-9,13,18H,4-7,10-12H2,1-3H3,(H,19,20). The van der Waals surface area contributed by atoms with Gasteiger partial charge in [-0.1, -0.05) is 6.92 Å². The lowest BCUT2D eigenvalue weighted by molar-refractivity contribution is 0.0952. The first-order valence-corrected chi connectivity index (χ1v) is 7.80. The Labute approximate surface area is 128 Å². The maximum Gasteiger partial charge on any atom is 0.251 e. The van der Waals surface area contributed by atoms with Crippen molar-refractivity contribution < 1.29 is 9.53 Å². The number of hydrogen-bond donors (Lipinski definition) is 2. The van der Waals surface area contributed by atoms with Crippen molar-refractivity contribution >= 4 is 11.6 Å². The number of aryl methyl sites for hydroxylation is 1. The average molecular weight is 292 g/mol. The van der Waals surface area contributed by atoms with Crippen molar-refractivity contribution in [1.82, 2.24) is 5.32 Å². The zero-order valence-corrected chi connectivity index (χ0v) is 13.5. The van der Waals surface area contributed by atoms with Crippen molar-refractivity contribution in [3.05, 3.63) is 29.3 Å². The summed E-state index contributed by atoms with van der Waals surface area (Å²) in [5.74, 6) is 0.00637. The molecule has 0 aliphatic heterocycles. The fourth-order valence-corrected chi connectivity index (χ4v) is 2.12. The van der Waals surface area contributed by atoms with E-state index in [0.29, 0.717) is 0 Å². The summed E-state index contributed by atoms with van der Waals surface area (Å²) in [5.41, 5.74) is 2.94. The van der Waals surface area contributed by atoms with E-state index in [-0.39, 0.29) is 5.91 Å². The number of nitrogens with one attached hydrogen (secondary N) is 2. The number of benzene rings is 1. The number of rotatable bonds is 10. The number of ether oxygens (including phenoxy) is 1. The van der Waals surface area contributed by atoms with Gasteiger partial charge in [-0.2, -0.15) is 0 Å². The van der Waals surface area contributed by atoms with Gasteiger partial charge < -0.3 is 15.4 Å². The normalized spacial score (nSPS) is 10.4. The van der Waals surface area contributed by atoms with Crippen molar-refractivity contribution in [3.8, 4) is 0 Å². The summed E-state index contributed by atoms with van der Waals surface area (Å²) in [6, 6.07) is 5.81. The molecule has 0 aromatic heterocycles. The van der Waals surface area contributed by atoms with Crippen LogP contribution in [0.2, 0.25) is 0 Å². The zero-order valence-electron chi connectivity index (χ0n) is 13.5. The summed E-state index contributed by atoms with van der Waals surface area (Å²) in [6.07, 6.45) is 4.20. The Bertz CT molecular complexity index is 433. The Balaban J connectivity index is 2.38. The molecule has 4 heteroatoms. The van der Waals surface area contributed by atoms with E-state index in [4.69, 9.17) is 4.74 Å². The fourth-order valence-electron chi connectivity index (χ4n) is 2.12. The third-order valence-electron chi connectivity index (χ3n) is 3.36. The van der Waals surface area contributed by atoms with Crippen molar-refractivity contribution in [2.75, 3.05) is 32.1 Å². The summed E-state index contributed by atoms with van der Waals surface area (Å²) < 4.78 is 5.00. The highest BCUT2D eigenvalue weighted by atomic mass is 16.5. The number of methoxy groups -OCH3 is 1. The molecule has 0 saturated heterocycles. The van der Waals surface area contributed by atoms with Crippen LogP contribution in [0.15, 0.2) is 18.2 Å². The molecule has 1 aromatic rings. The van der Waals surface area contributed by atoms with Crippen molar-refractivity contribution in [2.24, 2.45) is 0 Å². The van der Waals surface area contributed by atoms with Gasteiger partial charge in [0, 0.05) is 38.1 Å². The van der Waals surface area contributed by atoms with Crippen molar-refractivity contribution in [3.63, 3.8) is 0 Å². The SMILES string of the molecule is CCCNc1ccc(C(=O)NCCCCCOC)cc1C. The molecule has 2 N–H and O–H groups in total. The van der Waals surface area contributed by atoms with Gasteiger partial charge in [-0.05, 0) is 56.4 Å². The summed E-state index contributed by atoms with van der Waals surface area (Å²) >= 11 is 0. The first kappa shape index (κ1) is 17.5. The third-order valence-corrected chi connectivity index (χ3v) is 3.36. The van der Waals surface area contributed by atoms with Crippen LogP contribution in [0.3, 0.4) is 0 Å². The van der Waals surface area contributed by atoms with E-state index < -0.39 is 0 Å². The molecule has 0 aliphatic carbocycles. The van der Waals surface area contributed by atoms with Gasteiger partial charge in [-0.3, -0.25) is 4.79 Å². The van der Waals surface area contributed by atoms with E-state index in [0.717, 1.165) is 62.2 Å². The van der Waals surface area contributed by atoms with Gasteiger partial charge in [0.1, 0.15) is 0 Å². The predicted molar refractivity (Wildman–Crippen MR) is 88.0 cm³/mol. The number of anilines is 1. The van der Waals surface area contributed by atoms with Crippen LogP contribution in [-0.4, -0.2) is 32.7 Å². The molecular weight excluding hydrogens is 264 g/mol. The largest absolute Gasteiger partial charge is 0.385 e. The quantitative estimate of drug-likeness (QED) is 0.650. The van der Waals surface area contributed by atoms with Crippen LogP contribution in [0, 0.1) is 6.92 Å². The molecule has 4 nitrogen and oxygen atoms in total. The van der Waals surface area contributed by atoms with E-state index in [9.17, 15) is 4.79 Å². The minimum absolute atomic E-state index is 0.00637. The molecule has 1 aromatic carbocycles. The first-order chi connectivity index (χ1) is 10.2. The Morgan fingerprint density at radius 2 is 2.00 bits per heavy atom. The summed E-state index contributed by atoms with van der Waals surface area (Å²) in [5, 5.41) is 6.32. The Morgan fingerprint density at radius 1 is 1.19 bits per heavy atom. The average Bonchev–Trinajstić information content (AvgIpc) is 2.49. The van der Waals surface area contributed by atoms with Gasteiger partial charge in [-0.15, -0.1) is 0 Å². The van der Waals surface area contributed by atoms with E-state index in [1.165, 1.54) is 0 Å². The maximum absolute atomic E-state index is 12.1. The number of hydrogen-bond acceptors (Lipinski definition) is 3. The second-order valence-electron chi connectivity index (χ2n) is 5.27. The lowest BCUT2D eigenvalue weighted by Crippen LogP contribution is -2.24. The molecule has 0 fully saturated rings. The van der Waals surface area contributed by atoms with Gasteiger partial charge in [0.05, 0.1) is 0 Å². The summed E-state index contributed by atoms with van der Waals surface area (Å²) in [6.45, 7) is 6.63. The van der Waals surface area contributed by atoms with Crippen LogP contribution in [0.5, 0.6) is 0 Å². The van der Waals surface area contributed by atoms with E-state index in [1.807, 2.05) is 25.1 Å². The van der Waals surface area contributed by atoms with Crippen molar-refractivity contribution in [2.45, 2.75) is 39.5 Å². The van der Waals surface area contributed by atoms with Crippen LogP contribution in [0.1, 0.15) is 48.5 Å². The topological polar surface area (TPSA) is 50.4 Å². The molecule has 0 heterocycles. The van der Waals surface area contributed by atoms with Gasteiger partial charge in [0.25, 0.3) is 5.91 Å². The molecule has 0 bridgehead atoms. The maximum atomic E-state index is 12.1. The minimum atomic E-state index is 0.00637. The van der Waals surface area contributed by atoms with Crippen LogP contribution in [-0.2, 0) is 4.74 Å². The smallest absolute Gasteiger partial charge is 0.251 e. The molecule has 118 valence electrons. The molecule has 0 atom stereocenters. The second-order valence-corrected chi connectivity index (χ2v) is 5.27. The molecule has 0 unspecified atom stereocenters. The first-order valence-electron chi connectivity index (χ1n) is 7.80. The lowest BCUT2D eigenvalue weighted by Gasteiger charge is -2.11. The van der Waals surface area contributed by atoms with Crippen LogP contribution < -0.4 is 10.6 Å². The van der Waals surface area contributed by atoms with Crippen LogP contribution in [0.4, 0.5) is 5.69 Å². The van der Waals surface area contributed by atoms with E-state index >= 15 is 0 Å². The third kappa shape index (κ3) is 6.63. The highest BCUT2D eigenvalue weighted by Crippen LogP contribution is 2.16. The molecule has 0 spiro atoms. The zero-order chi connectivity index (χ0) is 15.5. The van der Waals surface area contributed by atoms with Gasteiger partial charge in [0.2, 0.25) is 0 Å². The van der Waals surface area contributed by atoms with Crippen LogP contribution in [0.25, 0.3) is 0 Å². The van der Waals surface area contributed by atoms with Gasteiger partial charge in [-0.25, -0.2) is 0 Å². The Morgan fingerprint density at radius 3 is 2.67 bits per heavy atom. The van der Waals surface area contributed by atoms with E-state index in [1.54, 1.807) is 7.11 Å². The molecule has 1 amide bonds. The Hall–Kier alpha value is -1.55. The highest BCUT2D eigenvalue weighted by Gasteiger charge is 2.07. The summed E-state index contributed by atoms with van der Waals surface area (Å²) in [4.78, 5) is 12.1. The van der Waals surface area contributed by atoms with Crippen LogP contribution >= 0.6 is 0 Å².